The zero-order valence-electron chi connectivity index (χ0n) is 16.7. The highest BCUT2D eigenvalue weighted by molar-refractivity contribution is 7.18. The molecule has 0 saturated carbocycles. The predicted octanol–water partition coefficient (Wildman–Crippen LogP) is 4.67. The van der Waals surface area contributed by atoms with Crippen molar-refractivity contribution in [3.63, 3.8) is 0 Å². The molecule has 2 aromatic heterocycles. The second kappa shape index (κ2) is 8.92. The molecule has 1 amide bonds. The van der Waals surface area contributed by atoms with Gasteiger partial charge in [-0.1, -0.05) is 24.3 Å². The Morgan fingerprint density at radius 3 is 2.57 bits per heavy atom. The number of methoxy groups -OCH3 is 2. The maximum atomic E-state index is 13.2. The summed E-state index contributed by atoms with van der Waals surface area (Å²) in [5.74, 6) is 1.17. The third-order valence-corrected chi connectivity index (χ3v) is 5.88. The molecule has 152 valence electrons. The van der Waals surface area contributed by atoms with Crippen molar-refractivity contribution in [2.24, 2.45) is 0 Å². The van der Waals surface area contributed by atoms with E-state index in [0.29, 0.717) is 23.7 Å². The first-order valence-electron chi connectivity index (χ1n) is 9.46. The lowest BCUT2D eigenvalue weighted by molar-refractivity contribution is -0.117. The summed E-state index contributed by atoms with van der Waals surface area (Å²) in [5, 5.41) is 3.68. The van der Waals surface area contributed by atoms with Gasteiger partial charge in [0, 0.05) is 6.20 Å². The van der Waals surface area contributed by atoms with Crippen molar-refractivity contribution in [3.8, 4) is 11.5 Å². The van der Waals surface area contributed by atoms with Crippen LogP contribution in [-0.2, 0) is 11.2 Å². The van der Waals surface area contributed by atoms with Crippen LogP contribution in [0, 0.1) is 0 Å². The van der Waals surface area contributed by atoms with Crippen molar-refractivity contribution in [2.45, 2.75) is 12.3 Å². The molecule has 2 heterocycles. The van der Waals surface area contributed by atoms with Crippen LogP contribution in [-0.4, -0.2) is 30.1 Å². The van der Waals surface area contributed by atoms with Crippen LogP contribution in [0.1, 0.15) is 16.5 Å². The first-order chi connectivity index (χ1) is 14.7. The van der Waals surface area contributed by atoms with Crippen LogP contribution in [0.4, 0.5) is 5.82 Å². The number of amides is 1. The average molecular weight is 420 g/mol. The Labute approximate surface area is 178 Å². The molecule has 7 heteroatoms. The molecule has 0 fully saturated rings. The number of fused-ring (bicyclic) bond motifs is 1. The number of nitrogens with zero attached hydrogens (tertiary/aromatic N) is 2. The van der Waals surface area contributed by atoms with Gasteiger partial charge in [0.2, 0.25) is 5.91 Å². The van der Waals surface area contributed by atoms with E-state index in [1.165, 1.54) is 11.3 Å². The topological polar surface area (TPSA) is 73.3 Å². The first kappa shape index (κ1) is 19.8. The largest absolute Gasteiger partial charge is 0.493 e. The summed E-state index contributed by atoms with van der Waals surface area (Å²) in [6.45, 7) is 0. The number of hydrogen-bond acceptors (Lipinski definition) is 6. The van der Waals surface area contributed by atoms with Gasteiger partial charge in [-0.25, -0.2) is 9.97 Å². The van der Waals surface area contributed by atoms with Gasteiger partial charge in [0.15, 0.2) is 11.5 Å². The molecular weight excluding hydrogens is 398 g/mol. The van der Waals surface area contributed by atoms with Gasteiger partial charge in [-0.3, -0.25) is 4.79 Å². The number of thiazole rings is 1. The highest BCUT2D eigenvalue weighted by Gasteiger charge is 2.26. The number of pyridine rings is 1. The molecule has 2 aromatic carbocycles. The van der Waals surface area contributed by atoms with Crippen molar-refractivity contribution >= 4 is 33.3 Å². The summed E-state index contributed by atoms with van der Waals surface area (Å²) < 4.78 is 11.8. The number of ether oxygens (including phenoxy) is 2. The molecule has 0 saturated heterocycles. The number of anilines is 1. The van der Waals surface area contributed by atoms with E-state index in [1.807, 2.05) is 54.6 Å². The minimum atomic E-state index is -0.470. The molecule has 0 radical (unpaired) electrons. The Hall–Kier alpha value is -3.45. The molecule has 0 aliphatic heterocycles. The predicted molar refractivity (Wildman–Crippen MR) is 118 cm³/mol. The summed E-state index contributed by atoms with van der Waals surface area (Å²) >= 11 is 1.53. The highest BCUT2D eigenvalue weighted by Crippen LogP contribution is 2.33. The van der Waals surface area contributed by atoms with Crippen LogP contribution in [0.15, 0.2) is 66.9 Å². The van der Waals surface area contributed by atoms with Gasteiger partial charge in [-0.05, 0) is 48.4 Å². The highest BCUT2D eigenvalue weighted by atomic mass is 32.1. The second-order valence-corrected chi connectivity index (χ2v) is 7.73. The van der Waals surface area contributed by atoms with Gasteiger partial charge in [-0.2, -0.15) is 0 Å². The number of nitrogens with one attached hydrogen (secondary N) is 1. The zero-order valence-corrected chi connectivity index (χ0v) is 17.5. The Morgan fingerprint density at radius 2 is 1.83 bits per heavy atom. The molecule has 6 nitrogen and oxygen atoms in total. The Bertz CT molecular complexity index is 1130. The Morgan fingerprint density at radius 1 is 1.03 bits per heavy atom. The molecule has 0 aliphatic rings. The van der Waals surface area contributed by atoms with E-state index in [-0.39, 0.29) is 5.91 Å². The standard InChI is InChI=1S/C23H21N3O3S/c1-28-18-11-10-15(14-19(18)29-2)13-16(22(27)26-21-9-5-6-12-24-21)23-25-17-7-3-4-8-20(17)30-23/h3-12,14,16H,13H2,1-2H3,(H,24,26,27). The summed E-state index contributed by atoms with van der Waals surface area (Å²) in [6.07, 6.45) is 2.12. The van der Waals surface area contributed by atoms with Crippen molar-refractivity contribution in [1.82, 2.24) is 9.97 Å². The molecule has 0 aliphatic carbocycles. The van der Waals surface area contributed by atoms with Crippen molar-refractivity contribution in [2.75, 3.05) is 19.5 Å². The van der Waals surface area contributed by atoms with E-state index in [0.717, 1.165) is 20.8 Å². The van der Waals surface area contributed by atoms with E-state index < -0.39 is 5.92 Å². The number of hydrogen-bond donors (Lipinski definition) is 1. The summed E-state index contributed by atoms with van der Waals surface area (Å²) in [6, 6.07) is 19.0. The fourth-order valence-electron chi connectivity index (χ4n) is 3.22. The Kier molecular flexibility index (Phi) is 5.90. The van der Waals surface area contributed by atoms with E-state index in [1.54, 1.807) is 26.5 Å². The lowest BCUT2D eigenvalue weighted by Gasteiger charge is -2.16. The second-order valence-electron chi connectivity index (χ2n) is 6.67. The van der Waals surface area contributed by atoms with E-state index in [9.17, 15) is 4.79 Å². The third-order valence-electron chi connectivity index (χ3n) is 4.73. The van der Waals surface area contributed by atoms with Crippen LogP contribution >= 0.6 is 11.3 Å². The molecule has 0 spiro atoms. The van der Waals surface area contributed by atoms with Crippen molar-refractivity contribution in [1.29, 1.82) is 0 Å². The lowest BCUT2D eigenvalue weighted by Crippen LogP contribution is -2.23. The van der Waals surface area contributed by atoms with E-state index in [2.05, 4.69) is 10.3 Å². The SMILES string of the molecule is COc1ccc(CC(C(=O)Nc2ccccn2)c2nc3ccccc3s2)cc1OC. The number of carbonyl (C=O) groups excluding carboxylic acids is 1. The van der Waals surface area contributed by atoms with Crippen LogP contribution in [0.5, 0.6) is 11.5 Å². The van der Waals surface area contributed by atoms with Crippen molar-refractivity contribution in [3.05, 3.63) is 77.4 Å². The molecule has 1 unspecified atom stereocenters. The molecule has 0 bridgehead atoms. The molecule has 4 rings (SSSR count). The molecule has 30 heavy (non-hydrogen) atoms. The smallest absolute Gasteiger partial charge is 0.235 e. The minimum Gasteiger partial charge on any atom is -0.493 e. The quantitative estimate of drug-likeness (QED) is 0.471. The summed E-state index contributed by atoms with van der Waals surface area (Å²) in [4.78, 5) is 22.2. The van der Waals surface area contributed by atoms with Crippen LogP contribution in [0.3, 0.4) is 0 Å². The maximum absolute atomic E-state index is 13.2. The van der Waals surface area contributed by atoms with Gasteiger partial charge in [0.1, 0.15) is 10.8 Å². The summed E-state index contributed by atoms with van der Waals surface area (Å²) in [5.41, 5.74) is 1.84. The van der Waals surface area contributed by atoms with E-state index >= 15 is 0 Å². The van der Waals surface area contributed by atoms with Gasteiger partial charge in [-0.15, -0.1) is 11.3 Å². The lowest BCUT2D eigenvalue weighted by atomic mass is 9.98. The van der Waals surface area contributed by atoms with Crippen LogP contribution in [0.25, 0.3) is 10.2 Å². The van der Waals surface area contributed by atoms with Crippen molar-refractivity contribution < 1.29 is 14.3 Å². The first-order valence-corrected chi connectivity index (χ1v) is 10.3. The number of benzene rings is 2. The van der Waals surface area contributed by atoms with Gasteiger partial charge in [0.05, 0.1) is 30.4 Å². The molecule has 1 atom stereocenters. The number of carbonyl (C=O) groups is 1. The number of aromatic nitrogens is 2. The van der Waals surface area contributed by atoms with Gasteiger partial charge in [0.25, 0.3) is 0 Å². The number of para-hydroxylation sites is 1. The molecular formula is C23H21N3O3S. The summed E-state index contributed by atoms with van der Waals surface area (Å²) in [7, 11) is 3.20. The van der Waals surface area contributed by atoms with Crippen LogP contribution < -0.4 is 14.8 Å². The fourth-order valence-corrected chi connectivity index (χ4v) is 4.29. The van der Waals surface area contributed by atoms with Gasteiger partial charge < -0.3 is 14.8 Å². The normalized spacial score (nSPS) is 11.8. The number of rotatable bonds is 7. The maximum Gasteiger partial charge on any atom is 0.235 e. The average Bonchev–Trinajstić information content (AvgIpc) is 3.21. The van der Waals surface area contributed by atoms with Crippen LogP contribution in [0.2, 0.25) is 0 Å². The fraction of sp³-hybridized carbons (Fsp3) is 0.174. The zero-order chi connectivity index (χ0) is 20.9. The molecule has 1 N–H and O–H groups in total. The Balaban J connectivity index is 1.68. The third kappa shape index (κ3) is 4.26. The van der Waals surface area contributed by atoms with Gasteiger partial charge >= 0.3 is 0 Å². The minimum absolute atomic E-state index is 0.150. The molecule has 4 aromatic rings. The van der Waals surface area contributed by atoms with E-state index in [4.69, 9.17) is 14.5 Å². The monoisotopic (exact) mass is 419 g/mol.